The van der Waals surface area contributed by atoms with Crippen LogP contribution in [0.3, 0.4) is 0 Å². The van der Waals surface area contributed by atoms with Gasteiger partial charge in [0.2, 0.25) is 0 Å². The van der Waals surface area contributed by atoms with Gasteiger partial charge in [-0.1, -0.05) is 51.1 Å². The van der Waals surface area contributed by atoms with Gasteiger partial charge in [-0.25, -0.2) is 0 Å². The quantitative estimate of drug-likeness (QED) is 0.533. The summed E-state index contributed by atoms with van der Waals surface area (Å²) in [5.41, 5.74) is 3.86. The molecule has 0 aliphatic heterocycles. The molecule has 162 valence electrons. The van der Waals surface area contributed by atoms with Crippen molar-refractivity contribution in [1.29, 1.82) is 0 Å². The van der Waals surface area contributed by atoms with Gasteiger partial charge in [0.15, 0.2) is 0 Å². The van der Waals surface area contributed by atoms with Crippen molar-refractivity contribution in [1.82, 2.24) is 5.32 Å². The van der Waals surface area contributed by atoms with Crippen LogP contribution in [0.5, 0.6) is 5.75 Å². The minimum atomic E-state index is -0.777. The summed E-state index contributed by atoms with van der Waals surface area (Å²) in [6.07, 6.45) is 5.24. The summed E-state index contributed by atoms with van der Waals surface area (Å²) < 4.78 is 6.26. The standard InChI is InChI=1S/C26H35NO3/c1-26(2,3)22-9-13-24(14-10-22)30-23-11-7-20(8-12-23)21-6-4-5-19(17-21)18-27-16-15-25(28)29/h4-8,11-12,17,22,24,27H,9-10,13-16,18H2,1-3H3,(H,28,29). The third kappa shape index (κ3) is 6.60. The predicted octanol–water partition coefficient (Wildman–Crippen LogP) is 5.90. The van der Waals surface area contributed by atoms with Crippen LogP contribution in [-0.4, -0.2) is 23.7 Å². The molecule has 0 heterocycles. The van der Waals surface area contributed by atoms with E-state index in [0.29, 0.717) is 24.6 Å². The zero-order chi connectivity index (χ0) is 21.6. The molecule has 0 saturated heterocycles. The summed E-state index contributed by atoms with van der Waals surface area (Å²) >= 11 is 0. The van der Waals surface area contributed by atoms with Gasteiger partial charge in [0, 0.05) is 13.1 Å². The molecule has 4 nitrogen and oxygen atoms in total. The Bertz CT molecular complexity index is 815. The molecule has 30 heavy (non-hydrogen) atoms. The fraction of sp³-hybridized carbons (Fsp3) is 0.500. The van der Waals surface area contributed by atoms with Crippen molar-refractivity contribution in [3.63, 3.8) is 0 Å². The number of carbonyl (C=O) groups is 1. The van der Waals surface area contributed by atoms with E-state index in [9.17, 15) is 4.79 Å². The lowest BCUT2D eigenvalue weighted by Crippen LogP contribution is -2.30. The van der Waals surface area contributed by atoms with Crippen molar-refractivity contribution < 1.29 is 14.6 Å². The van der Waals surface area contributed by atoms with E-state index in [-0.39, 0.29) is 6.42 Å². The van der Waals surface area contributed by atoms with Gasteiger partial charge in [-0.15, -0.1) is 0 Å². The number of aliphatic carboxylic acids is 1. The Kier molecular flexibility index (Phi) is 7.54. The Balaban J connectivity index is 1.53. The van der Waals surface area contributed by atoms with Crippen LogP contribution in [-0.2, 0) is 11.3 Å². The minimum absolute atomic E-state index is 0.138. The van der Waals surface area contributed by atoms with Crippen molar-refractivity contribution in [2.75, 3.05) is 6.54 Å². The molecule has 0 unspecified atom stereocenters. The fourth-order valence-corrected chi connectivity index (χ4v) is 4.25. The highest BCUT2D eigenvalue weighted by Crippen LogP contribution is 2.38. The van der Waals surface area contributed by atoms with E-state index in [0.717, 1.165) is 41.2 Å². The average molecular weight is 410 g/mol. The first-order valence-corrected chi connectivity index (χ1v) is 11.1. The molecule has 3 rings (SSSR count). The first-order valence-electron chi connectivity index (χ1n) is 11.1. The van der Waals surface area contributed by atoms with Crippen LogP contribution in [0, 0.1) is 11.3 Å². The lowest BCUT2D eigenvalue weighted by molar-refractivity contribution is -0.136. The highest BCUT2D eigenvalue weighted by molar-refractivity contribution is 5.67. The number of hydrogen-bond donors (Lipinski definition) is 2. The number of rotatable bonds is 8. The van der Waals surface area contributed by atoms with Crippen LogP contribution in [0.4, 0.5) is 0 Å². The Labute approximate surface area is 180 Å². The normalized spacial score (nSPS) is 19.4. The van der Waals surface area contributed by atoms with Gasteiger partial charge in [-0.3, -0.25) is 4.79 Å². The molecule has 2 aromatic carbocycles. The molecule has 1 aliphatic rings. The summed E-state index contributed by atoms with van der Waals surface area (Å²) in [5.74, 6) is 0.968. The summed E-state index contributed by atoms with van der Waals surface area (Å²) in [6, 6.07) is 16.7. The van der Waals surface area contributed by atoms with Gasteiger partial charge in [-0.2, -0.15) is 0 Å². The van der Waals surface area contributed by atoms with Crippen LogP contribution in [0.15, 0.2) is 48.5 Å². The van der Waals surface area contributed by atoms with Gasteiger partial charge in [-0.05, 0) is 71.9 Å². The maximum Gasteiger partial charge on any atom is 0.304 e. The van der Waals surface area contributed by atoms with Crippen LogP contribution in [0.2, 0.25) is 0 Å². The van der Waals surface area contributed by atoms with Gasteiger partial charge < -0.3 is 15.2 Å². The predicted molar refractivity (Wildman–Crippen MR) is 122 cm³/mol. The van der Waals surface area contributed by atoms with Crippen LogP contribution in [0.1, 0.15) is 58.4 Å². The first-order chi connectivity index (χ1) is 14.3. The molecule has 2 N–H and O–H groups in total. The highest BCUT2D eigenvalue weighted by atomic mass is 16.5. The van der Waals surface area contributed by atoms with Crippen molar-refractivity contribution >= 4 is 5.97 Å². The van der Waals surface area contributed by atoms with Gasteiger partial charge in [0.25, 0.3) is 0 Å². The largest absolute Gasteiger partial charge is 0.490 e. The molecular formula is C26H35NO3. The van der Waals surface area contributed by atoms with E-state index in [2.05, 4.69) is 68.6 Å². The second-order valence-corrected chi connectivity index (χ2v) is 9.50. The van der Waals surface area contributed by atoms with E-state index in [1.165, 1.54) is 12.8 Å². The van der Waals surface area contributed by atoms with Crippen molar-refractivity contribution in [2.45, 2.75) is 65.5 Å². The summed E-state index contributed by atoms with van der Waals surface area (Å²) in [4.78, 5) is 10.6. The second kappa shape index (κ2) is 10.1. The summed E-state index contributed by atoms with van der Waals surface area (Å²) in [7, 11) is 0. The Hall–Kier alpha value is -2.33. The highest BCUT2D eigenvalue weighted by Gasteiger charge is 2.30. The number of benzene rings is 2. The average Bonchev–Trinajstić information content (AvgIpc) is 2.72. The Morgan fingerprint density at radius 3 is 2.37 bits per heavy atom. The molecular weight excluding hydrogens is 374 g/mol. The molecule has 2 aromatic rings. The number of hydrogen-bond acceptors (Lipinski definition) is 3. The van der Waals surface area contributed by atoms with E-state index < -0.39 is 5.97 Å². The number of carboxylic acids is 1. The SMILES string of the molecule is CC(C)(C)C1CCC(Oc2ccc(-c3cccc(CNCCC(=O)O)c3)cc2)CC1. The van der Waals surface area contributed by atoms with E-state index >= 15 is 0 Å². The van der Waals surface area contributed by atoms with Gasteiger partial charge >= 0.3 is 5.97 Å². The third-order valence-electron chi connectivity index (χ3n) is 6.16. The molecule has 0 aromatic heterocycles. The van der Waals surface area contributed by atoms with E-state index in [1.807, 2.05) is 6.07 Å². The van der Waals surface area contributed by atoms with Crippen LogP contribution >= 0.6 is 0 Å². The summed E-state index contributed by atoms with van der Waals surface area (Å²) in [5, 5.41) is 11.9. The van der Waals surface area contributed by atoms with Gasteiger partial charge in [0.1, 0.15) is 5.75 Å². The first kappa shape index (κ1) is 22.4. The van der Waals surface area contributed by atoms with E-state index in [1.54, 1.807) is 0 Å². The summed E-state index contributed by atoms with van der Waals surface area (Å²) in [6.45, 7) is 8.18. The molecule has 0 amide bonds. The topological polar surface area (TPSA) is 58.6 Å². The van der Waals surface area contributed by atoms with Crippen LogP contribution < -0.4 is 10.1 Å². The van der Waals surface area contributed by atoms with Crippen molar-refractivity contribution in [3.8, 4) is 16.9 Å². The van der Waals surface area contributed by atoms with Crippen molar-refractivity contribution in [2.24, 2.45) is 11.3 Å². The van der Waals surface area contributed by atoms with E-state index in [4.69, 9.17) is 9.84 Å². The molecule has 0 radical (unpaired) electrons. The molecule has 1 saturated carbocycles. The lowest BCUT2D eigenvalue weighted by atomic mass is 9.72. The molecule has 4 heteroatoms. The maximum atomic E-state index is 10.6. The molecule has 1 fully saturated rings. The maximum absolute atomic E-state index is 10.6. The fourth-order valence-electron chi connectivity index (χ4n) is 4.25. The Morgan fingerprint density at radius 2 is 1.73 bits per heavy atom. The Morgan fingerprint density at radius 1 is 1.03 bits per heavy atom. The molecule has 0 bridgehead atoms. The number of carboxylic acid groups (broad SMARTS) is 1. The molecule has 1 aliphatic carbocycles. The second-order valence-electron chi connectivity index (χ2n) is 9.50. The number of nitrogens with one attached hydrogen (secondary N) is 1. The lowest BCUT2D eigenvalue weighted by Gasteiger charge is -2.36. The zero-order valence-corrected chi connectivity index (χ0v) is 18.5. The zero-order valence-electron chi connectivity index (χ0n) is 18.5. The smallest absolute Gasteiger partial charge is 0.304 e. The monoisotopic (exact) mass is 409 g/mol. The minimum Gasteiger partial charge on any atom is -0.490 e. The van der Waals surface area contributed by atoms with Gasteiger partial charge in [0.05, 0.1) is 12.5 Å². The number of ether oxygens (including phenoxy) is 1. The third-order valence-corrected chi connectivity index (χ3v) is 6.16. The molecule has 0 spiro atoms. The van der Waals surface area contributed by atoms with Crippen molar-refractivity contribution in [3.05, 3.63) is 54.1 Å². The molecule has 0 atom stereocenters. The van der Waals surface area contributed by atoms with Crippen LogP contribution in [0.25, 0.3) is 11.1 Å².